The van der Waals surface area contributed by atoms with Crippen molar-refractivity contribution in [1.82, 2.24) is 9.55 Å². The molecule has 0 saturated heterocycles. The van der Waals surface area contributed by atoms with Crippen molar-refractivity contribution in [1.29, 1.82) is 0 Å². The van der Waals surface area contributed by atoms with Crippen molar-refractivity contribution in [2.24, 2.45) is 18.9 Å². The molecule has 0 aliphatic heterocycles. The highest BCUT2D eigenvalue weighted by Crippen LogP contribution is 2.38. The van der Waals surface area contributed by atoms with Crippen LogP contribution in [0.2, 0.25) is 0 Å². The van der Waals surface area contributed by atoms with E-state index in [0.717, 1.165) is 29.0 Å². The van der Waals surface area contributed by atoms with Gasteiger partial charge in [0.2, 0.25) is 0 Å². The van der Waals surface area contributed by atoms with Gasteiger partial charge in [-0.25, -0.2) is 4.98 Å². The van der Waals surface area contributed by atoms with Crippen LogP contribution >= 0.6 is 0 Å². The molecule has 3 rings (SSSR count). The van der Waals surface area contributed by atoms with Gasteiger partial charge in [0.05, 0.1) is 17.0 Å². The van der Waals surface area contributed by atoms with Gasteiger partial charge in [-0.3, -0.25) is 4.79 Å². The first kappa shape index (κ1) is 12.0. The van der Waals surface area contributed by atoms with Gasteiger partial charge < -0.3 is 15.0 Å². The van der Waals surface area contributed by atoms with E-state index in [-0.39, 0.29) is 11.8 Å². The molecule has 1 heterocycles. The summed E-state index contributed by atoms with van der Waals surface area (Å²) >= 11 is 0. The summed E-state index contributed by atoms with van der Waals surface area (Å²) in [6.45, 7) is 2.70. The van der Waals surface area contributed by atoms with Crippen LogP contribution in [0.5, 0.6) is 0 Å². The molecule has 100 valence electrons. The third kappa shape index (κ3) is 2.16. The summed E-state index contributed by atoms with van der Waals surface area (Å²) in [6, 6.07) is 6.07. The molecule has 0 radical (unpaired) electrons. The number of nitrogens with one attached hydrogen (secondary N) is 1. The van der Waals surface area contributed by atoms with Crippen molar-refractivity contribution in [2.75, 3.05) is 11.9 Å². The van der Waals surface area contributed by atoms with Gasteiger partial charge >= 0.3 is 5.97 Å². The molecular weight excluding hydrogens is 242 g/mol. The summed E-state index contributed by atoms with van der Waals surface area (Å²) in [7, 11) is 2.00. The Morgan fingerprint density at radius 1 is 1.58 bits per heavy atom. The predicted octanol–water partition coefficient (Wildman–Crippen LogP) is 2.01. The molecule has 2 N–H and O–H groups in total. The minimum absolute atomic E-state index is 0.159. The molecular formula is C14H17N3O2. The van der Waals surface area contributed by atoms with Crippen LogP contribution in [-0.4, -0.2) is 27.2 Å². The number of carboxylic acid groups (broad SMARTS) is 1. The molecule has 1 aliphatic carbocycles. The van der Waals surface area contributed by atoms with E-state index in [1.807, 2.05) is 32.2 Å². The summed E-state index contributed by atoms with van der Waals surface area (Å²) < 4.78 is 2.06. The van der Waals surface area contributed by atoms with E-state index in [2.05, 4.69) is 14.9 Å². The third-order valence-electron chi connectivity index (χ3n) is 3.91. The Kier molecular flexibility index (Phi) is 2.69. The standard InChI is InChI=1S/C14H17N3O2/c1-8-16-12-6-10(3-4-13(12)17(8)2)15-7-9-5-11(9)14(18)19/h3-4,6,9,11,15H,5,7H2,1-2H3,(H,18,19). The first-order valence-corrected chi connectivity index (χ1v) is 6.46. The number of benzene rings is 1. The van der Waals surface area contributed by atoms with Crippen LogP contribution in [0, 0.1) is 18.8 Å². The van der Waals surface area contributed by atoms with Crippen LogP contribution in [0.4, 0.5) is 5.69 Å². The Morgan fingerprint density at radius 3 is 3.05 bits per heavy atom. The zero-order chi connectivity index (χ0) is 13.6. The molecule has 2 atom stereocenters. The number of hydrogen-bond acceptors (Lipinski definition) is 3. The lowest BCUT2D eigenvalue weighted by molar-refractivity contribution is -0.138. The van der Waals surface area contributed by atoms with Crippen molar-refractivity contribution in [3.8, 4) is 0 Å². The van der Waals surface area contributed by atoms with Crippen LogP contribution in [0.25, 0.3) is 11.0 Å². The molecule has 1 saturated carbocycles. The fourth-order valence-corrected chi connectivity index (χ4v) is 2.45. The largest absolute Gasteiger partial charge is 0.481 e. The van der Waals surface area contributed by atoms with Crippen LogP contribution < -0.4 is 5.32 Å². The second-order valence-electron chi connectivity index (χ2n) is 5.24. The lowest BCUT2D eigenvalue weighted by atomic mass is 10.2. The van der Waals surface area contributed by atoms with Gasteiger partial charge in [0.1, 0.15) is 5.82 Å². The average Bonchev–Trinajstić information content (AvgIpc) is 3.10. The number of carboxylic acids is 1. The average molecular weight is 259 g/mol. The molecule has 5 heteroatoms. The number of nitrogens with zero attached hydrogens (tertiary/aromatic N) is 2. The van der Waals surface area contributed by atoms with E-state index in [1.54, 1.807) is 0 Å². The maximum Gasteiger partial charge on any atom is 0.306 e. The maximum absolute atomic E-state index is 10.8. The van der Waals surface area contributed by atoms with E-state index in [0.29, 0.717) is 6.54 Å². The summed E-state index contributed by atoms with van der Waals surface area (Å²) in [5, 5.41) is 12.2. The molecule has 1 aromatic carbocycles. The van der Waals surface area contributed by atoms with E-state index in [4.69, 9.17) is 5.11 Å². The number of rotatable bonds is 4. The molecule has 0 amide bonds. The number of hydrogen-bond donors (Lipinski definition) is 2. The van der Waals surface area contributed by atoms with E-state index >= 15 is 0 Å². The number of anilines is 1. The number of aliphatic carboxylic acids is 1. The molecule has 2 unspecified atom stereocenters. The molecule has 1 aromatic heterocycles. The number of imidazole rings is 1. The summed E-state index contributed by atoms with van der Waals surface area (Å²) in [5.74, 6) is 0.412. The fourth-order valence-electron chi connectivity index (χ4n) is 2.45. The summed E-state index contributed by atoms with van der Waals surface area (Å²) in [4.78, 5) is 15.2. The van der Waals surface area contributed by atoms with Crippen LogP contribution in [0.15, 0.2) is 18.2 Å². The van der Waals surface area contributed by atoms with E-state index in [9.17, 15) is 4.79 Å². The second-order valence-corrected chi connectivity index (χ2v) is 5.24. The van der Waals surface area contributed by atoms with Gasteiger partial charge in [0.25, 0.3) is 0 Å². The smallest absolute Gasteiger partial charge is 0.306 e. The minimum Gasteiger partial charge on any atom is -0.481 e. The van der Waals surface area contributed by atoms with Crippen LogP contribution in [0.1, 0.15) is 12.2 Å². The van der Waals surface area contributed by atoms with Crippen molar-refractivity contribution >= 4 is 22.7 Å². The van der Waals surface area contributed by atoms with Gasteiger partial charge in [-0.15, -0.1) is 0 Å². The Balaban J connectivity index is 1.70. The maximum atomic E-state index is 10.8. The fraction of sp³-hybridized carbons (Fsp3) is 0.429. The summed E-state index contributed by atoms with van der Waals surface area (Å²) in [6.07, 6.45) is 0.785. The summed E-state index contributed by atoms with van der Waals surface area (Å²) in [5.41, 5.74) is 3.08. The molecule has 19 heavy (non-hydrogen) atoms. The van der Waals surface area contributed by atoms with Gasteiger partial charge in [0, 0.05) is 19.3 Å². The first-order valence-electron chi connectivity index (χ1n) is 6.46. The Labute approximate surface area is 111 Å². The third-order valence-corrected chi connectivity index (χ3v) is 3.91. The quantitative estimate of drug-likeness (QED) is 0.881. The number of fused-ring (bicyclic) bond motifs is 1. The van der Waals surface area contributed by atoms with E-state index < -0.39 is 5.97 Å². The first-order chi connectivity index (χ1) is 9.06. The predicted molar refractivity (Wildman–Crippen MR) is 73.2 cm³/mol. The Hall–Kier alpha value is -2.04. The van der Waals surface area contributed by atoms with Gasteiger partial charge in [0.15, 0.2) is 0 Å². The highest BCUT2D eigenvalue weighted by Gasteiger charge is 2.42. The highest BCUT2D eigenvalue weighted by molar-refractivity contribution is 5.80. The lowest BCUT2D eigenvalue weighted by Gasteiger charge is -2.05. The van der Waals surface area contributed by atoms with Gasteiger partial charge in [-0.2, -0.15) is 0 Å². The Bertz CT molecular complexity index is 647. The second kappa shape index (κ2) is 4.26. The monoisotopic (exact) mass is 259 g/mol. The van der Waals surface area contributed by atoms with Crippen LogP contribution in [0.3, 0.4) is 0 Å². The number of aryl methyl sites for hydroxylation is 2. The zero-order valence-electron chi connectivity index (χ0n) is 11.1. The van der Waals surface area contributed by atoms with Crippen molar-refractivity contribution in [2.45, 2.75) is 13.3 Å². The lowest BCUT2D eigenvalue weighted by Crippen LogP contribution is -2.08. The normalized spacial score (nSPS) is 21.6. The molecule has 5 nitrogen and oxygen atoms in total. The molecule has 0 bridgehead atoms. The molecule has 1 fully saturated rings. The topological polar surface area (TPSA) is 67.2 Å². The SMILES string of the molecule is Cc1nc2cc(NCC3CC3C(=O)O)ccc2n1C. The Morgan fingerprint density at radius 2 is 2.37 bits per heavy atom. The van der Waals surface area contributed by atoms with Crippen molar-refractivity contribution in [3.63, 3.8) is 0 Å². The molecule has 0 spiro atoms. The van der Waals surface area contributed by atoms with Gasteiger partial charge in [-0.05, 0) is 37.5 Å². The van der Waals surface area contributed by atoms with Crippen molar-refractivity contribution in [3.05, 3.63) is 24.0 Å². The number of carbonyl (C=O) groups is 1. The molecule has 1 aliphatic rings. The highest BCUT2D eigenvalue weighted by atomic mass is 16.4. The zero-order valence-corrected chi connectivity index (χ0v) is 11.1. The number of aromatic nitrogens is 2. The van der Waals surface area contributed by atoms with Gasteiger partial charge in [-0.1, -0.05) is 0 Å². The van der Waals surface area contributed by atoms with E-state index in [1.165, 1.54) is 0 Å². The minimum atomic E-state index is -0.678. The van der Waals surface area contributed by atoms with Crippen molar-refractivity contribution < 1.29 is 9.90 Å². The molecule has 2 aromatic rings. The van der Waals surface area contributed by atoms with Crippen LogP contribution in [-0.2, 0) is 11.8 Å².